The number of carbonyl (C=O) groups is 5. The molecule has 4 amide bonds. The number of rotatable bonds is 12. The first-order valence-electron chi connectivity index (χ1n) is 14.4. The van der Waals surface area contributed by atoms with Crippen molar-refractivity contribution in [1.82, 2.24) is 20.3 Å². The Balaban J connectivity index is 1.75. The molecule has 3 fully saturated rings. The van der Waals surface area contributed by atoms with E-state index < -0.39 is 62.3 Å². The minimum Gasteiger partial charge on any atom is -0.444 e. The monoisotopic (exact) mass is 596 g/mol. The van der Waals surface area contributed by atoms with Gasteiger partial charge in [0, 0.05) is 13.0 Å². The van der Waals surface area contributed by atoms with Crippen molar-refractivity contribution in [2.24, 2.45) is 5.92 Å². The van der Waals surface area contributed by atoms with Gasteiger partial charge >= 0.3 is 6.09 Å². The number of sulfonamides is 1. The molecule has 4 atom stereocenters. The summed E-state index contributed by atoms with van der Waals surface area (Å²) in [7, 11) is -3.80. The number of amides is 4. The maximum absolute atomic E-state index is 13.7. The fourth-order valence-corrected chi connectivity index (χ4v) is 6.50. The van der Waals surface area contributed by atoms with Crippen LogP contribution in [0.5, 0.6) is 0 Å². The summed E-state index contributed by atoms with van der Waals surface area (Å²) in [5.74, 6) is -2.23. The van der Waals surface area contributed by atoms with Crippen LogP contribution in [0.15, 0.2) is 11.6 Å². The third kappa shape index (κ3) is 8.08. The zero-order chi connectivity index (χ0) is 30.8. The first-order valence-corrected chi connectivity index (χ1v) is 15.9. The van der Waals surface area contributed by atoms with Crippen LogP contribution >= 0.6 is 0 Å². The molecule has 1 aliphatic heterocycles. The molecule has 2 aliphatic carbocycles. The summed E-state index contributed by atoms with van der Waals surface area (Å²) in [6.45, 7) is 10.6. The Labute approximate surface area is 242 Å². The summed E-state index contributed by atoms with van der Waals surface area (Å²) >= 11 is 0. The molecule has 3 rings (SSSR count). The second-order valence-electron chi connectivity index (χ2n) is 12.3. The van der Waals surface area contributed by atoms with Crippen molar-refractivity contribution in [3.8, 4) is 0 Å². The molecule has 0 spiro atoms. The quantitative estimate of drug-likeness (QED) is 0.288. The SMILES string of the molecule is CC=C(C)C(=O)CC[C@H](NC(=O)OC(C)(C)C)C(=O)N1CCC[C@H]1C(=O)N[C@]1(C(=O)NS(=O)(=O)C2CC2)C[C@H]1CC. The molecule has 0 radical (unpaired) electrons. The Kier molecular flexibility index (Phi) is 9.92. The van der Waals surface area contributed by atoms with Gasteiger partial charge in [0.05, 0.1) is 5.25 Å². The number of Topliss-reactive ketones (excluding diaryl/α,β-unsaturated/α-hetero) is 1. The fourth-order valence-electron chi connectivity index (χ4n) is 5.14. The molecule has 2 saturated carbocycles. The summed E-state index contributed by atoms with van der Waals surface area (Å²) < 4.78 is 32.3. The van der Waals surface area contributed by atoms with Crippen molar-refractivity contribution in [2.45, 2.75) is 121 Å². The van der Waals surface area contributed by atoms with Gasteiger partial charge in [0.25, 0.3) is 5.91 Å². The van der Waals surface area contributed by atoms with Crippen molar-refractivity contribution in [2.75, 3.05) is 6.54 Å². The molecule has 3 aliphatic rings. The Morgan fingerprint density at radius 3 is 2.32 bits per heavy atom. The number of carbonyl (C=O) groups excluding carboxylic acids is 5. The van der Waals surface area contributed by atoms with Crippen molar-refractivity contribution in [3.05, 3.63) is 11.6 Å². The normalized spacial score (nSPS) is 25.2. The number of hydrogen-bond donors (Lipinski definition) is 3. The van der Waals surface area contributed by atoms with Crippen LogP contribution in [0.2, 0.25) is 0 Å². The van der Waals surface area contributed by atoms with E-state index in [9.17, 15) is 32.4 Å². The Hall–Kier alpha value is -2.96. The van der Waals surface area contributed by atoms with E-state index in [1.807, 2.05) is 6.92 Å². The van der Waals surface area contributed by atoms with Crippen molar-refractivity contribution in [1.29, 1.82) is 0 Å². The molecular weight excluding hydrogens is 552 g/mol. The van der Waals surface area contributed by atoms with Crippen LogP contribution in [0.1, 0.15) is 92.9 Å². The van der Waals surface area contributed by atoms with E-state index in [0.29, 0.717) is 44.1 Å². The first kappa shape index (κ1) is 32.6. The number of allylic oxidation sites excluding steroid dienone is 2. The predicted molar refractivity (Wildman–Crippen MR) is 151 cm³/mol. The average Bonchev–Trinajstić information content (AvgIpc) is 3.80. The highest BCUT2D eigenvalue weighted by atomic mass is 32.2. The number of alkyl carbamates (subject to hydrolysis) is 1. The molecule has 230 valence electrons. The van der Waals surface area contributed by atoms with Crippen LogP contribution in [0.3, 0.4) is 0 Å². The Morgan fingerprint density at radius 2 is 1.78 bits per heavy atom. The van der Waals surface area contributed by atoms with Crippen molar-refractivity contribution >= 4 is 39.6 Å². The highest BCUT2D eigenvalue weighted by Crippen LogP contribution is 2.46. The summed E-state index contributed by atoms with van der Waals surface area (Å²) in [5, 5.41) is 4.77. The van der Waals surface area contributed by atoms with Gasteiger partial charge in [-0.15, -0.1) is 0 Å². The molecule has 0 unspecified atom stereocenters. The van der Waals surface area contributed by atoms with Gasteiger partial charge in [0.15, 0.2) is 5.78 Å². The minimum absolute atomic E-state index is 0.00398. The molecule has 0 bridgehead atoms. The van der Waals surface area contributed by atoms with Crippen LogP contribution in [0.4, 0.5) is 4.79 Å². The van der Waals surface area contributed by atoms with Gasteiger partial charge in [-0.25, -0.2) is 13.2 Å². The second-order valence-corrected chi connectivity index (χ2v) is 14.2. The maximum atomic E-state index is 13.7. The van der Waals surface area contributed by atoms with Gasteiger partial charge in [-0.3, -0.25) is 23.9 Å². The number of hydrogen-bond acceptors (Lipinski definition) is 8. The molecule has 12 nitrogen and oxygen atoms in total. The van der Waals surface area contributed by atoms with E-state index in [2.05, 4.69) is 15.4 Å². The average molecular weight is 597 g/mol. The van der Waals surface area contributed by atoms with E-state index in [1.54, 1.807) is 40.7 Å². The highest BCUT2D eigenvalue weighted by Gasteiger charge is 2.62. The molecule has 1 saturated heterocycles. The number of nitrogens with one attached hydrogen (secondary N) is 3. The van der Waals surface area contributed by atoms with Crippen LogP contribution in [0, 0.1) is 5.92 Å². The number of nitrogens with zero attached hydrogens (tertiary/aromatic N) is 1. The molecule has 13 heteroatoms. The zero-order valence-electron chi connectivity index (χ0n) is 24.9. The largest absolute Gasteiger partial charge is 0.444 e. The number of ketones is 1. The van der Waals surface area contributed by atoms with E-state index in [1.165, 1.54) is 4.90 Å². The first-order chi connectivity index (χ1) is 19.0. The van der Waals surface area contributed by atoms with Crippen LogP contribution in [-0.4, -0.2) is 77.9 Å². The van der Waals surface area contributed by atoms with Crippen molar-refractivity contribution < 1.29 is 37.1 Å². The van der Waals surface area contributed by atoms with E-state index in [-0.39, 0.29) is 31.1 Å². The lowest BCUT2D eigenvalue weighted by atomic mass is 10.0. The number of likely N-dealkylation sites (tertiary alicyclic amines) is 1. The predicted octanol–water partition coefficient (Wildman–Crippen LogP) is 2.08. The molecule has 3 N–H and O–H groups in total. The van der Waals surface area contributed by atoms with Gasteiger partial charge < -0.3 is 20.3 Å². The fraction of sp³-hybridized carbons (Fsp3) is 0.750. The van der Waals surface area contributed by atoms with Crippen molar-refractivity contribution in [3.63, 3.8) is 0 Å². The van der Waals surface area contributed by atoms with Gasteiger partial charge in [0.2, 0.25) is 21.8 Å². The molecule has 41 heavy (non-hydrogen) atoms. The third-order valence-corrected chi connectivity index (χ3v) is 9.73. The molecule has 0 aromatic heterocycles. The van der Waals surface area contributed by atoms with E-state index in [4.69, 9.17) is 4.74 Å². The van der Waals surface area contributed by atoms with Gasteiger partial charge in [0.1, 0.15) is 23.2 Å². The van der Waals surface area contributed by atoms with E-state index >= 15 is 0 Å². The maximum Gasteiger partial charge on any atom is 0.408 e. The summed E-state index contributed by atoms with van der Waals surface area (Å²) in [4.78, 5) is 66.7. The van der Waals surface area contributed by atoms with Gasteiger partial charge in [-0.2, -0.15) is 0 Å². The van der Waals surface area contributed by atoms with Crippen LogP contribution in [0.25, 0.3) is 0 Å². The summed E-state index contributed by atoms with van der Waals surface area (Å²) in [5.41, 5.74) is -1.63. The zero-order valence-corrected chi connectivity index (χ0v) is 25.7. The lowest BCUT2D eigenvalue weighted by molar-refractivity contribution is -0.141. The third-order valence-electron chi connectivity index (χ3n) is 7.91. The highest BCUT2D eigenvalue weighted by molar-refractivity contribution is 7.91. The lowest BCUT2D eigenvalue weighted by Gasteiger charge is -2.30. The van der Waals surface area contributed by atoms with Gasteiger partial charge in [-0.1, -0.05) is 19.4 Å². The van der Waals surface area contributed by atoms with Crippen LogP contribution in [-0.2, 0) is 33.9 Å². The van der Waals surface area contributed by atoms with Crippen LogP contribution < -0.4 is 15.4 Å². The van der Waals surface area contributed by atoms with Gasteiger partial charge in [-0.05, 0) is 84.6 Å². The summed E-state index contributed by atoms with van der Waals surface area (Å²) in [6, 6.07) is -2.03. The standard InChI is InChI=1S/C28H44N4O8S/c1-7-17(3)22(33)14-13-20(29-26(37)40-27(4,5)6)24(35)32-15-9-10-21(32)23(34)30-28(16-18(28)8-2)25(36)31-41(38,39)19-11-12-19/h7,18-21H,8-16H2,1-6H3,(H,29,37)(H,30,34)(H,31,36)/t18-,20+,21+,28-/m1/s1. The molecular formula is C28H44N4O8S. The molecule has 0 aromatic carbocycles. The Morgan fingerprint density at radius 1 is 1.12 bits per heavy atom. The molecule has 0 aromatic rings. The Bertz CT molecular complexity index is 1200. The number of ether oxygens (including phenoxy) is 1. The summed E-state index contributed by atoms with van der Waals surface area (Å²) in [6.07, 6.45) is 3.58. The molecule has 1 heterocycles. The minimum atomic E-state index is -3.80. The van der Waals surface area contributed by atoms with E-state index in [0.717, 1.165) is 0 Å². The lowest BCUT2D eigenvalue weighted by Crippen LogP contribution is -2.58. The topological polar surface area (TPSA) is 168 Å². The smallest absolute Gasteiger partial charge is 0.408 e. The second kappa shape index (κ2) is 12.5.